The molecule has 0 aliphatic rings. The Balaban J connectivity index is 1.95. The average Bonchev–Trinajstić information content (AvgIpc) is 2.67. The van der Waals surface area contributed by atoms with Gasteiger partial charge in [-0.2, -0.15) is 0 Å². The van der Waals surface area contributed by atoms with Crippen molar-refractivity contribution >= 4 is 34.8 Å². The van der Waals surface area contributed by atoms with Gasteiger partial charge in [0.15, 0.2) is 5.11 Å². The number of hydrogen-bond acceptors (Lipinski definition) is 4. The molecule has 0 unspecified atom stereocenters. The number of anilines is 1. The second kappa shape index (κ2) is 11.3. The lowest BCUT2D eigenvalue weighted by molar-refractivity contribution is 0.0941. The molecule has 0 heterocycles. The van der Waals surface area contributed by atoms with Crippen molar-refractivity contribution in [2.24, 2.45) is 5.92 Å². The van der Waals surface area contributed by atoms with E-state index in [2.05, 4.69) is 29.8 Å². The van der Waals surface area contributed by atoms with E-state index in [9.17, 15) is 9.59 Å². The molecule has 2 aromatic rings. The zero-order valence-corrected chi connectivity index (χ0v) is 18.6. The second-order valence-corrected chi connectivity index (χ2v) is 8.08. The molecule has 2 rings (SSSR count). The Labute approximate surface area is 183 Å². The Bertz CT molecular complexity index is 897. The molecule has 0 atom stereocenters. The molecular weight excluding hydrogens is 398 g/mol. The molecular formula is C23H29N3O3S. The van der Waals surface area contributed by atoms with Crippen LogP contribution in [0.1, 0.15) is 54.8 Å². The van der Waals surface area contributed by atoms with Crippen LogP contribution in [0.25, 0.3) is 0 Å². The van der Waals surface area contributed by atoms with E-state index < -0.39 is 0 Å². The zero-order valence-electron chi connectivity index (χ0n) is 17.8. The summed E-state index contributed by atoms with van der Waals surface area (Å²) in [5.41, 5.74) is 1.57. The maximum absolute atomic E-state index is 12.5. The van der Waals surface area contributed by atoms with E-state index in [1.165, 1.54) is 0 Å². The molecule has 160 valence electrons. The Kier molecular flexibility index (Phi) is 8.80. The van der Waals surface area contributed by atoms with Gasteiger partial charge in [-0.15, -0.1) is 0 Å². The molecule has 0 aromatic heterocycles. The molecule has 0 spiro atoms. The van der Waals surface area contributed by atoms with Gasteiger partial charge in [0, 0.05) is 22.9 Å². The van der Waals surface area contributed by atoms with E-state index >= 15 is 0 Å². The number of amides is 2. The first-order chi connectivity index (χ1) is 14.2. The third kappa shape index (κ3) is 7.83. The van der Waals surface area contributed by atoms with Crippen LogP contribution in [0.3, 0.4) is 0 Å². The molecule has 0 fully saturated rings. The van der Waals surface area contributed by atoms with Crippen LogP contribution in [0.15, 0.2) is 48.5 Å². The zero-order chi connectivity index (χ0) is 22.1. The second-order valence-electron chi connectivity index (χ2n) is 7.68. The minimum Gasteiger partial charge on any atom is -0.494 e. The van der Waals surface area contributed by atoms with Crippen molar-refractivity contribution in [3.8, 4) is 5.75 Å². The van der Waals surface area contributed by atoms with E-state index in [0.29, 0.717) is 35.1 Å². The quantitative estimate of drug-likeness (QED) is 0.545. The molecule has 0 bridgehead atoms. The van der Waals surface area contributed by atoms with E-state index in [1.807, 2.05) is 19.9 Å². The minimum atomic E-state index is -0.337. The fourth-order valence-corrected chi connectivity index (χ4v) is 2.77. The first-order valence-corrected chi connectivity index (χ1v) is 10.4. The first-order valence-electron chi connectivity index (χ1n) is 10.0. The molecule has 30 heavy (non-hydrogen) atoms. The summed E-state index contributed by atoms with van der Waals surface area (Å²) in [6, 6.07) is 13.9. The Hall–Kier alpha value is -2.93. The summed E-state index contributed by atoms with van der Waals surface area (Å²) in [6.45, 7) is 8.66. The third-order valence-electron chi connectivity index (χ3n) is 4.09. The summed E-state index contributed by atoms with van der Waals surface area (Å²) in [7, 11) is 0. The summed E-state index contributed by atoms with van der Waals surface area (Å²) in [5.74, 6) is 0.689. The monoisotopic (exact) mass is 427 g/mol. The lowest BCUT2D eigenvalue weighted by atomic mass is 10.1. The molecule has 0 aliphatic heterocycles. The van der Waals surface area contributed by atoms with Crippen molar-refractivity contribution in [2.75, 3.05) is 11.9 Å². The highest BCUT2D eigenvalue weighted by Crippen LogP contribution is 2.15. The van der Waals surface area contributed by atoms with E-state index in [0.717, 1.165) is 6.42 Å². The standard InChI is InChI=1S/C23H29N3O3S/c1-15(2)11-12-29-20-10-6-8-18(14-20)22(28)26-23(30)25-19-9-5-7-17(13-19)21(27)24-16(3)4/h5-10,13-16H,11-12H2,1-4H3,(H,24,27)(H2,25,26,28,30). The smallest absolute Gasteiger partial charge is 0.257 e. The first kappa shape index (κ1) is 23.3. The van der Waals surface area contributed by atoms with Crippen molar-refractivity contribution in [3.05, 3.63) is 59.7 Å². The van der Waals surface area contributed by atoms with Gasteiger partial charge < -0.3 is 15.4 Å². The summed E-state index contributed by atoms with van der Waals surface area (Å²) in [6.07, 6.45) is 0.943. The van der Waals surface area contributed by atoms with Crippen molar-refractivity contribution in [1.82, 2.24) is 10.6 Å². The molecule has 0 aliphatic carbocycles. The molecule has 6 nitrogen and oxygen atoms in total. The van der Waals surface area contributed by atoms with Gasteiger partial charge in [-0.1, -0.05) is 26.0 Å². The van der Waals surface area contributed by atoms with Gasteiger partial charge in [0.1, 0.15) is 5.75 Å². The SMILES string of the molecule is CC(C)CCOc1cccc(C(=O)NC(=S)Nc2cccc(C(=O)NC(C)C)c2)c1. The van der Waals surface area contributed by atoms with Crippen LogP contribution in [-0.2, 0) is 0 Å². The highest BCUT2D eigenvalue weighted by Gasteiger charge is 2.11. The minimum absolute atomic E-state index is 0.0413. The van der Waals surface area contributed by atoms with Gasteiger partial charge in [0.2, 0.25) is 0 Å². The molecule has 0 radical (unpaired) electrons. The number of rotatable bonds is 8. The van der Waals surface area contributed by atoms with Crippen molar-refractivity contribution in [3.63, 3.8) is 0 Å². The van der Waals surface area contributed by atoms with Crippen LogP contribution in [0.2, 0.25) is 0 Å². The maximum Gasteiger partial charge on any atom is 0.257 e. The topological polar surface area (TPSA) is 79.5 Å². The van der Waals surface area contributed by atoms with E-state index in [4.69, 9.17) is 17.0 Å². The lowest BCUT2D eigenvalue weighted by Gasteiger charge is -2.13. The molecule has 3 N–H and O–H groups in total. The number of benzene rings is 2. The summed E-state index contributed by atoms with van der Waals surface area (Å²) >= 11 is 5.25. The van der Waals surface area contributed by atoms with Crippen molar-refractivity contribution < 1.29 is 14.3 Å². The molecule has 0 saturated heterocycles. The van der Waals surface area contributed by atoms with Crippen LogP contribution in [0, 0.1) is 5.92 Å². The Morgan fingerprint density at radius 2 is 1.63 bits per heavy atom. The number of carbonyl (C=O) groups excluding carboxylic acids is 2. The fourth-order valence-electron chi connectivity index (χ4n) is 2.56. The van der Waals surface area contributed by atoms with Crippen LogP contribution in [0.5, 0.6) is 5.75 Å². The summed E-state index contributed by atoms with van der Waals surface area (Å²) < 4.78 is 5.70. The molecule has 7 heteroatoms. The van der Waals surface area contributed by atoms with Crippen LogP contribution < -0.4 is 20.7 Å². The van der Waals surface area contributed by atoms with Gasteiger partial charge in [-0.25, -0.2) is 0 Å². The van der Waals surface area contributed by atoms with Crippen molar-refractivity contribution in [2.45, 2.75) is 40.2 Å². The largest absolute Gasteiger partial charge is 0.494 e. The number of hydrogen-bond donors (Lipinski definition) is 3. The van der Waals surface area contributed by atoms with Crippen LogP contribution in [-0.4, -0.2) is 29.6 Å². The predicted molar refractivity (Wildman–Crippen MR) is 124 cm³/mol. The summed E-state index contributed by atoms with van der Waals surface area (Å²) in [4.78, 5) is 24.7. The van der Waals surface area contributed by atoms with E-state index in [-0.39, 0.29) is 23.0 Å². The molecule has 2 aromatic carbocycles. The number of ether oxygens (including phenoxy) is 1. The average molecular weight is 428 g/mol. The van der Waals surface area contributed by atoms with Crippen LogP contribution in [0.4, 0.5) is 5.69 Å². The highest BCUT2D eigenvalue weighted by atomic mass is 32.1. The Morgan fingerprint density at radius 1 is 0.967 bits per heavy atom. The number of carbonyl (C=O) groups is 2. The van der Waals surface area contributed by atoms with Gasteiger partial charge in [-0.05, 0) is 74.8 Å². The van der Waals surface area contributed by atoms with Gasteiger partial charge in [-0.3, -0.25) is 14.9 Å². The van der Waals surface area contributed by atoms with Gasteiger partial charge in [0.05, 0.1) is 6.61 Å². The van der Waals surface area contributed by atoms with Crippen molar-refractivity contribution in [1.29, 1.82) is 0 Å². The third-order valence-corrected chi connectivity index (χ3v) is 4.29. The van der Waals surface area contributed by atoms with E-state index in [1.54, 1.807) is 42.5 Å². The normalized spacial score (nSPS) is 10.6. The maximum atomic E-state index is 12.5. The Morgan fingerprint density at radius 3 is 2.30 bits per heavy atom. The molecule has 0 saturated carbocycles. The molecule has 2 amide bonds. The van der Waals surface area contributed by atoms with Crippen LogP contribution >= 0.6 is 12.2 Å². The number of thiocarbonyl (C=S) groups is 1. The fraction of sp³-hybridized carbons (Fsp3) is 0.348. The lowest BCUT2D eigenvalue weighted by Crippen LogP contribution is -2.34. The summed E-state index contributed by atoms with van der Waals surface area (Å²) in [5, 5.41) is 8.58. The predicted octanol–water partition coefficient (Wildman–Crippen LogP) is 4.38. The van der Waals surface area contributed by atoms with Gasteiger partial charge >= 0.3 is 0 Å². The highest BCUT2D eigenvalue weighted by molar-refractivity contribution is 7.80. The van der Waals surface area contributed by atoms with Gasteiger partial charge in [0.25, 0.3) is 11.8 Å². The number of nitrogens with one attached hydrogen (secondary N) is 3.